The molecule has 2 aromatic rings. The van der Waals surface area contributed by atoms with Crippen molar-refractivity contribution in [3.05, 3.63) is 36.0 Å². The Balaban J connectivity index is 1.45. The quantitative estimate of drug-likeness (QED) is 0.288. The SMILES string of the molecule is CCOC(=O)N1CCN(C(=O)[C@H](CCC(=O)O)NC(=O)c2cc(OCC(=O)N3CCN(CCO)CC3)c3ccccc3n2)CC1. The van der Waals surface area contributed by atoms with Crippen molar-refractivity contribution in [3.8, 4) is 5.75 Å². The van der Waals surface area contributed by atoms with Gasteiger partial charge >= 0.3 is 12.1 Å². The van der Waals surface area contributed by atoms with Gasteiger partial charge in [-0.05, 0) is 25.5 Å². The maximum absolute atomic E-state index is 13.5. The molecule has 4 rings (SSSR count). The van der Waals surface area contributed by atoms with Gasteiger partial charge in [0.15, 0.2) is 6.61 Å². The van der Waals surface area contributed by atoms with Gasteiger partial charge in [-0.25, -0.2) is 9.78 Å². The highest BCUT2D eigenvalue weighted by Gasteiger charge is 2.31. The molecule has 15 nitrogen and oxygen atoms in total. The van der Waals surface area contributed by atoms with E-state index < -0.39 is 29.9 Å². The number of aliphatic hydroxyl groups is 1. The van der Waals surface area contributed by atoms with E-state index in [1.165, 1.54) is 15.9 Å². The monoisotopic (exact) mass is 628 g/mol. The van der Waals surface area contributed by atoms with Gasteiger partial charge in [-0.3, -0.25) is 24.1 Å². The zero-order valence-electron chi connectivity index (χ0n) is 25.4. The Morgan fingerprint density at radius 3 is 2.29 bits per heavy atom. The smallest absolute Gasteiger partial charge is 0.409 e. The van der Waals surface area contributed by atoms with Crippen LogP contribution in [0.1, 0.15) is 30.3 Å². The fourth-order valence-corrected chi connectivity index (χ4v) is 5.27. The van der Waals surface area contributed by atoms with Gasteiger partial charge < -0.3 is 39.7 Å². The van der Waals surface area contributed by atoms with Crippen molar-refractivity contribution in [2.24, 2.45) is 0 Å². The molecule has 2 fully saturated rings. The summed E-state index contributed by atoms with van der Waals surface area (Å²) in [6.45, 7) is 5.51. The van der Waals surface area contributed by atoms with Crippen molar-refractivity contribution < 1.29 is 43.7 Å². The lowest BCUT2D eigenvalue weighted by atomic mass is 10.1. The Bertz CT molecular complexity index is 1370. The summed E-state index contributed by atoms with van der Waals surface area (Å²) in [4.78, 5) is 74.3. The van der Waals surface area contributed by atoms with Crippen LogP contribution in [0.4, 0.5) is 4.79 Å². The number of carboxylic acids is 1. The molecule has 4 amide bonds. The number of amides is 4. The minimum atomic E-state index is -1.15. The lowest BCUT2D eigenvalue weighted by Gasteiger charge is -2.35. The van der Waals surface area contributed by atoms with Crippen LogP contribution in [-0.4, -0.2) is 149 Å². The molecule has 0 bridgehead atoms. The number of fused-ring (bicyclic) bond motifs is 1. The maximum Gasteiger partial charge on any atom is 0.409 e. The lowest BCUT2D eigenvalue weighted by molar-refractivity contribution is -0.138. The van der Waals surface area contributed by atoms with Gasteiger partial charge in [-0.1, -0.05) is 12.1 Å². The van der Waals surface area contributed by atoms with Crippen LogP contribution in [0.3, 0.4) is 0 Å². The molecule has 2 aliphatic rings. The van der Waals surface area contributed by atoms with Gasteiger partial charge in [-0.2, -0.15) is 0 Å². The topological polar surface area (TPSA) is 182 Å². The van der Waals surface area contributed by atoms with E-state index in [-0.39, 0.29) is 76.2 Å². The van der Waals surface area contributed by atoms with Crippen molar-refractivity contribution in [3.63, 3.8) is 0 Å². The van der Waals surface area contributed by atoms with Crippen LogP contribution in [0.2, 0.25) is 0 Å². The fraction of sp³-hybridized carbons (Fsp3) is 0.533. The first-order chi connectivity index (χ1) is 21.7. The molecule has 15 heteroatoms. The van der Waals surface area contributed by atoms with Crippen LogP contribution in [-0.2, 0) is 19.1 Å². The number of nitrogens with one attached hydrogen (secondary N) is 1. The van der Waals surface area contributed by atoms with E-state index in [1.54, 1.807) is 36.1 Å². The number of pyridine rings is 1. The average Bonchev–Trinajstić information content (AvgIpc) is 3.05. The molecule has 0 radical (unpaired) electrons. The Kier molecular flexibility index (Phi) is 11.9. The average molecular weight is 629 g/mol. The normalized spacial score (nSPS) is 16.3. The number of aliphatic hydroxyl groups excluding tert-OH is 1. The molecular formula is C30H40N6O9. The highest BCUT2D eigenvalue weighted by Crippen LogP contribution is 2.26. The van der Waals surface area contributed by atoms with Crippen molar-refractivity contribution in [1.82, 2.24) is 29.9 Å². The van der Waals surface area contributed by atoms with Gasteiger partial charge in [0.25, 0.3) is 11.8 Å². The molecule has 1 atom stereocenters. The van der Waals surface area contributed by atoms with Gasteiger partial charge in [0, 0.05) is 76.8 Å². The maximum atomic E-state index is 13.5. The first-order valence-electron chi connectivity index (χ1n) is 15.1. The summed E-state index contributed by atoms with van der Waals surface area (Å²) in [5.74, 6) is -2.23. The number of carbonyl (C=O) groups excluding carboxylic acids is 4. The predicted octanol–water partition coefficient (Wildman–Crippen LogP) is 0.0140. The molecule has 3 heterocycles. The van der Waals surface area contributed by atoms with Gasteiger partial charge in [0.05, 0.1) is 18.7 Å². The number of rotatable bonds is 12. The second-order valence-corrected chi connectivity index (χ2v) is 10.7. The minimum Gasteiger partial charge on any atom is -0.483 e. The third kappa shape index (κ3) is 9.01. The number of hydrogen-bond donors (Lipinski definition) is 3. The number of nitrogens with zero attached hydrogens (tertiary/aromatic N) is 5. The standard InChI is InChI=1S/C30H40N6O9/c1-2-44-30(43)36-15-13-35(14-16-36)29(42)23(7-8-27(39)40)32-28(41)24-19-25(21-5-3-4-6-22(21)31-24)45-20-26(38)34-11-9-33(10-12-34)17-18-37/h3-6,19,23,37H,2,7-18,20H2,1H3,(H,32,41)(H,39,40)/t23-/m0/s1. The van der Waals surface area contributed by atoms with E-state index in [1.807, 2.05) is 0 Å². The summed E-state index contributed by atoms with van der Waals surface area (Å²) < 4.78 is 10.9. The molecule has 0 spiro atoms. The van der Waals surface area contributed by atoms with E-state index >= 15 is 0 Å². The summed E-state index contributed by atoms with van der Waals surface area (Å²) >= 11 is 0. The predicted molar refractivity (Wildman–Crippen MR) is 161 cm³/mol. The van der Waals surface area contributed by atoms with Gasteiger partial charge in [0.1, 0.15) is 17.5 Å². The summed E-state index contributed by atoms with van der Waals surface area (Å²) in [7, 11) is 0. The zero-order chi connectivity index (χ0) is 32.3. The minimum absolute atomic E-state index is 0.0602. The molecule has 3 N–H and O–H groups in total. The summed E-state index contributed by atoms with van der Waals surface area (Å²) in [6.07, 6.45) is -0.965. The molecule has 0 unspecified atom stereocenters. The highest BCUT2D eigenvalue weighted by molar-refractivity contribution is 5.99. The number of benzene rings is 1. The molecule has 1 aromatic carbocycles. The number of carboxylic acid groups (broad SMARTS) is 1. The molecule has 2 saturated heterocycles. The molecule has 0 saturated carbocycles. The van der Waals surface area contributed by atoms with E-state index in [4.69, 9.17) is 14.6 Å². The summed E-state index contributed by atoms with van der Waals surface area (Å²) in [5.41, 5.74) is 0.378. The van der Waals surface area contributed by atoms with Gasteiger partial charge in [-0.15, -0.1) is 0 Å². The third-order valence-electron chi connectivity index (χ3n) is 7.77. The van der Waals surface area contributed by atoms with Crippen LogP contribution in [0.5, 0.6) is 5.75 Å². The van der Waals surface area contributed by atoms with E-state index in [0.29, 0.717) is 43.6 Å². The number of aromatic nitrogens is 1. The summed E-state index contributed by atoms with van der Waals surface area (Å²) in [6, 6.07) is 7.23. The second-order valence-electron chi connectivity index (χ2n) is 10.7. The third-order valence-corrected chi connectivity index (χ3v) is 7.77. The Morgan fingerprint density at radius 2 is 1.62 bits per heavy atom. The van der Waals surface area contributed by atoms with Crippen LogP contribution in [0.15, 0.2) is 30.3 Å². The van der Waals surface area contributed by atoms with Crippen molar-refractivity contribution >= 4 is 40.7 Å². The van der Waals surface area contributed by atoms with Gasteiger partial charge in [0.2, 0.25) is 5.91 Å². The van der Waals surface area contributed by atoms with Crippen molar-refractivity contribution in [2.45, 2.75) is 25.8 Å². The molecular weight excluding hydrogens is 588 g/mol. The van der Waals surface area contributed by atoms with Crippen LogP contribution in [0.25, 0.3) is 10.9 Å². The number of aliphatic carboxylic acids is 1. The first-order valence-corrected chi connectivity index (χ1v) is 15.1. The number of β-amino-alcohol motifs (C(OH)–C–C–N with tert-alkyl or cyclic N) is 1. The number of carbonyl (C=O) groups is 5. The molecule has 244 valence electrons. The molecule has 45 heavy (non-hydrogen) atoms. The Labute approximate surface area is 260 Å². The van der Waals surface area contributed by atoms with Crippen LogP contribution < -0.4 is 10.1 Å². The number of piperazine rings is 2. The second kappa shape index (κ2) is 16.0. The number of ether oxygens (including phenoxy) is 2. The van der Waals surface area contributed by atoms with Crippen LogP contribution in [0, 0.1) is 0 Å². The Hall–Kier alpha value is -4.50. The first kappa shape index (κ1) is 33.4. The van der Waals surface area contributed by atoms with Crippen molar-refractivity contribution in [1.29, 1.82) is 0 Å². The zero-order valence-corrected chi connectivity index (χ0v) is 25.4. The van der Waals surface area contributed by atoms with Crippen molar-refractivity contribution in [2.75, 3.05) is 78.7 Å². The fourth-order valence-electron chi connectivity index (χ4n) is 5.27. The lowest BCUT2D eigenvalue weighted by Crippen LogP contribution is -2.56. The molecule has 2 aliphatic heterocycles. The molecule has 0 aliphatic carbocycles. The number of hydrogen-bond acceptors (Lipinski definition) is 10. The van der Waals surface area contributed by atoms with E-state index in [2.05, 4.69) is 15.2 Å². The highest BCUT2D eigenvalue weighted by atomic mass is 16.6. The van der Waals surface area contributed by atoms with Crippen LogP contribution >= 0.6 is 0 Å². The molecule has 1 aromatic heterocycles. The van der Waals surface area contributed by atoms with E-state index in [0.717, 1.165) is 0 Å². The largest absolute Gasteiger partial charge is 0.483 e. The summed E-state index contributed by atoms with van der Waals surface area (Å²) in [5, 5.41) is 21.7. The van der Waals surface area contributed by atoms with E-state index in [9.17, 15) is 29.1 Å². The number of para-hydroxylation sites is 1. The Morgan fingerprint density at radius 1 is 0.956 bits per heavy atom.